The first kappa shape index (κ1) is 9.68. The average molecular weight is 171 g/mol. The molecule has 0 N–H and O–H groups in total. The van der Waals surface area contributed by atoms with Gasteiger partial charge in [-0.15, -0.1) is 0 Å². The van der Waals surface area contributed by atoms with Crippen molar-refractivity contribution in [3.63, 3.8) is 0 Å². The second-order valence-electron chi connectivity index (χ2n) is 3.48. The molecule has 1 saturated heterocycles. The molecule has 3 heteroatoms. The Morgan fingerprint density at radius 1 is 1.50 bits per heavy atom. The molecule has 0 spiro atoms. The third-order valence-electron chi connectivity index (χ3n) is 2.26. The number of rotatable bonds is 3. The van der Waals surface area contributed by atoms with Gasteiger partial charge in [-0.05, 0) is 26.8 Å². The van der Waals surface area contributed by atoms with Gasteiger partial charge in [0, 0.05) is 13.1 Å². The monoisotopic (exact) mass is 171 g/mol. The molecule has 0 saturated carbocycles. The van der Waals surface area contributed by atoms with Crippen LogP contribution in [0.3, 0.4) is 0 Å². The van der Waals surface area contributed by atoms with Gasteiger partial charge >= 0.3 is 0 Å². The number of aldehydes is 1. The van der Waals surface area contributed by atoms with Gasteiger partial charge in [-0.1, -0.05) is 0 Å². The number of hydrogen-bond acceptors (Lipinski definition) is 3. The Bertz CT molecular complexity index is 141. The highest BCUT2D eigenvalue weighted by atomic mass is 16.5. The van der Waals surface area contributed by atoms with Crippen LogP contribution in [0, 0.1) is 0 Å². The van der Waals surface area contributed by atoms with Gasteiger partial charge < -0.3 is 14.4 Å². The van der Waals surface area contributed by atoms with Gasteiger partial charge in [-0.2, -0.15) is 0 Å². The van der Waals surface area contributed by atoms with Crippen LogP contribution in [-0.4, -0.2) is 43.5 Å². The van der Waals surface area contributed by atoms with E-state index in [9.17, 15) is 4.79 Å². The Morgan fingerprint density at radius 2 is 2.08 bits per heavy atom. The number of nitrogens with zero attached hydrogens (tertiary/aromatic N) is 1. The van der Waals surface area contributed by atoms with Crippen molar-refractivity contribution in [3.8, 4) is 0 Å². The van der Waals surface area contributed by atoms with Crippen LogP contribution in [-0.2, 0) is 9.53 Å². The summed E-state index contributed by atoms with van der Waals surface area (Å²) < 4.78 is 5.49. The van der Waals surface area contributed by atoms with Crippen LogP contribution in [0.1, 0.15) is 19.8 Å². The number of hydrogen-bond donors (Lipinski definition) is 0. The lowest BCUT2D eigenvalue weighted by Crippen LogP contribution is -2.35. The van der Waals surface area contributed by atoms with Crippen molar-refractivity contribution < 1.29 is 9.53 Å². The maximum atomic E-state index is 10.3. The second-order valence-corrected chi connectivity index (χ2v) is 3.48. The molecule has 1 aliphatic rings. The number of piperidine rings is 1. The second kappa shape index (κ2) is 4.58. The first-order valence-corrected chi connectivity index (χ1v) is 4.51. The lowest BCUT2D eigenvalue weighted by molar-refractivity contribution is -0.122. The molecule has 1 unspecified atom stereocenters. The molecule has 12 heavy (non-hydrogen) atoms. The maximum Gasteiger partial charge on any atom is 0.148 e. The summed E-state index contributed by atoms with van der Waals surface area (Å²) in [5.74, 6) is 0. The van der Waals surface area contributed by atoms with Crippen LogP contribution >= 0.6 is 0 Å². The standard InChI is InChI=1S/C9H17NO2/c1-8(7-11)12-9-3-5-10(2)6-4-9/h7-9H,3-6H2,1-2H3. The first-order valence-electron chi connectivity index (χ1n) is 4.51. The van der Waals surface area contributed by atoms with E-state index in [0.717, 1.165) is 32.2 Å². The molecular weight excluding hydrogens is 154 g/mol. The van der Waals surface area contributed by atoms with Gasteiger partial charge in [0.2, 0.25) is 0 Å². The highest BCUT2D eigenvalue weighted by molar-refractivity contribution is 5.55. The molecule has 0 bridgehead atoms. The Balaban J connectivity index is 2.21. The molecule has 1 aliphatic heterocycles. The predicted molar refractivity (Wildman–Crippen MR) is 47.1 cm³/mol. The van der Waals surface area contributed by atoms with E-state index in [1.807, 2.05) is 0 Å². The Hall–Kier alpha value is -0.410. The quantitative estimate of drug-likeness (QED) is 0.585. The molecule has 0 amide bonds. The summed E-state index contributed by atoms with van der Waals surface area (Å²) in [6.45, 7) is 3.96. The van der Waals surface area contributed by atoms with Crippen molar-refractivity contribution in [2.24, 2.45) is 0 Å². The van der Waals surface area contributed by atoms with E-state index in [1.165, 1.54) is 0 Å². The van der Waals surface area contributed by atoms with Gasteiger partial charge in [0.05, 0.1) is 6.10 Å². The number of carbonyl (C=O) groups excluding carboxylic acids is 1. The maximum absolute atomic E-state index is 10.3. The minimum absolute atomic E-state index is 0.238. The highest BCUT2D eigenvalue weighted by Crippen LogP contribution is 2.13. The van der Waals surface area contributed by atoms with Crippen LogP contribution in [0.25, 0.3) is 0 Å². The van der Waals surface area contributed by atoms with Gasteiger partial charge in [0.15, 0.2) is 0 Å². The normalized spacial score (nSPS) is 23.8. The summed E-state index contributed by atoms with van der Waals surface area (Å²) in [5, 5.41) is 0. The van der Waals surface area contributed by atoms with E-state index in [0.29, 0.717) is 6.10 Å². The van der Waals surface area contributed by atoms with E-state index in [-0.39, 0.29) is 6.10 Å². The lowest BCUT2D eigenvalue weighted by Gasteiger charge is -2.29. The van der Waals surface area contributed by atoms with Crippen molar-refractivity contribution in [3.05, 3.63) is 0 Å². The molecule has 0 aromatic rings. The summed E-state index contributed by atoms with van der Waals surface area (Å²) >= 11 is 0. The van der Waals surface area contributed by atoms with E-state index in [1.54, 1.807) is 6.92 Å². The third-order valence-corrected chi connectivity index (χ3v) is 2.26. The number of ether oxygens (including phenoxy) is 1. The molecule has 0 aromatic carbocycles. The van der Waals surface area contributed by atoms with Crippen LogP contribution in [0.5, 0.6) is 0 Å². The minimum atomic E-state index is -0.238. The van der Waals surface area contributed by atoms with E-state index in [2.05, 4.69) is 11.9 Å². The number of likely N-dealkylation sites (tertiary alicyclic amines) is 1. The van der Waals surface area contributed by atoms with Crippen molar-refractivity contribution >= 4 is 6.29 Å². The van der Waals surface area contributed by atoms with Crippen LogP contribution in [0.4, 0.5) is 0 Å². The average Bonchev–Trinajstić information content (AvgIpc) is 2.09. The van der Waals surface area contributed by atoms with Gasteiger partial charge in [-0.25, -0.2) is 0 Å². The Labute approximate surface area is 73.7 Å². The first-order chi connectivity index (χ1) is 5.72. The molecule has 1 fully saturated rings. The fourth-order valence-electron chi connectivity index (χ4n) is 1.46. The fourth-order valence-corrected chi connectivity index (χ4v) is 1.46. The van der Waals surface area contributed by atoms with Gasteiger partial charge in [0.1, 0.15) is 12.4 Å². The van der Waals surface area contributed by atoms with Crippen molar-refractivity contribution in [1.82, 2.24) is 4.90 Å². The zero-order valence-electron chi connectivity index (χ0n) is 7.82. The molecule has 1 heterocycles. The Morgan fingerprint density at radius 3 is 2.58 bits per heavy atom. The van der Waals surface area contributed by atoms with E-state index >= 15 is 0 Å². The minimum Gasteiger partial charge on any atom is -0.368 e. The molecule has 0 aromatic heterocycles. The molecule has 0 radical (unpaired) electrons. The van der Waals surface area contributed by atoms with Gasteiger partial charge in [0.25, 0.3) is 0 Å². The van der Waals surface area contributed by atoms with Crippen LogP contribution in [0.2, 0.25) is 0 Å². The van der Waals surface area contributed by atoms with E-state index in [4.69, 9.17) is 4.74 Å². The SMILES string of the molecule is CC(C=O)OC1CCN(C)CC1. The molecule has 3 nitrogen and oxygen atoms in total. The van der Waals surface area contributed by atoms with Crippen molar-refractivity contribution in [2.75, 3.05) is 20.1 Å². The summed E-state index contributed by atoms with van der Waals surface area (Å²) in [5.41, 5.74) is 0. The summed E-state index contributed by atoms with van der Waals surface area (Å²) in [6.07, 6.45) is 3.02. The molecular formula is C9H17NO2. The van der Waals surface area contributed by atoms with E-state index < -0.39 is 0 Å². The largest absolute Gasteiger partial charge is 0.368 e. The van der Waals surface area contributed by atoms with Crippen LogP contribution < -0.4 is 0 Å². The molecule has 1 rings (SSSR count). The highest BCUT2D eigenvalue weighted by Gasteiger charge is 2.18. The van der Waals surface area contributed by atoms with Crippen molar-refractivity contribution in [1.29, 1.82) is 0 Å². The van der Waals surface area contributed by atoms with Crippen LogP contribution in [0.15, 0.2) is 0 Å². The smallest absolute Gasteiger partial charge is 0.148 e. The van der Waals surface area contributed by atoms with Gasteiger partial charge in [-0.3, -0.25) is 0 Å². The molecule has 1 atom stereocenters. The molecule has 0 aliphatic carbocycles. The molecule has 70 valence electrons. The Kier molecular flexibility index (Phi) is 3.69. The fraction of sp³-hybridized carbons (Fsp3) is 0.889. The third kappa shape index (κ3) is 2.91. The zero-order chi connectivity index (χ0) is 8.97. The van der Waals surface area contributed by atoms with Crippen molar-refractivity contribution in [2.45, 2.75) is 32.0 Å². The number of carbonyl (C=O) groups is 1. The topological polar surface area (TPSA) is 29.5 Å². The zero-order valence-corrected chi connectivity index (χ0v) is 7.82. The predicted octanol–water partition coefficient (Wildman–Crippen LogP) is 0.685. The summed E-state index contributed by atoms with van der Waals surface area (Å²) in [7, 11) is 2.11. The summed E-state index contributed by atoms with van der Waals surface area (Å²) in [4.78, 5) is 12.6. The summed E-state index contributed by atoms with van der Waals surface area (Å²) in [6, 6.07) is 0. The lowest BCUT2D eigenvalue weighted by atomic mass is 10.1.